The maximum Gasteiger partial charge on any atom is 0.350 e. The summed E-state index contributed by atoms with van der Waals surface area (Å²) in [6, 6.07) is 4.81. The molecule has 1 heterocycles. The van der Waals surface area contributed by atoms with E-state index in [1.165, 1.54) is 30.6 Å². The number of esters is 1. The molecule has 0 saturated carbocycles. The Hall–Kier alpha value is -1.88. The van der Waals surface area contributed by atoms with Crippen LogP contribution in [-0.2, 0) is 11.2 Å². The van der Waals surface area contributed by atoms with Gasteiger partial charge >= 0.3 is 5.97 Å². The summed E-state index contributed by atoms with van der Waals surface area (Å²) < 4.78 is 18.3. The van der Waals surface area contributed by atoms with Gasteiger partial charge in [-0.15, -0.1) is 11.3 Å². The molecule has 0 fully saturated rings. The van der Waals surface area contributed by atoms with Gasteiger partial charge in [0.25, 0.3) is 0 Å². The van der Waals surface area contributed by atoms with Crippen molar-refractivity contribution in [2.75, 3.05) is 12.8 Å². The van der Waals surface area contributed by atoms with Crippen LogP contribution < -0.4 is 5.73 Å². The summed E-state index contributed by atoms with van der Waals surface area (Å²) in [5.74, 6) is -0.754. The third-order valence-corrected chi connectivity index (χ3v) is 4.35. The third kappa shape index (κ3) is 2.54. The standard InChI is InChI=1S/C15H16FNO2S/c1-4-11-12(17)14(15(18)19-3)20-13(11)9-5-8(2)6-10(16)7-9/h5-7H,4,17H2,1-3H3. The zero-order valence-electron chi connectivity index (χ0n) is 11.6. The van der Waals surface area contributed by atoms with Gasteiger partial charge in [0.05, 0.1) is 12.8 Å². The molecule has 0 aliphatic heterocycles. The first-order valence-corrected chi connectivity index (χ1v) is 7.06. The van der Waals surface area contributed by atoms with Crippen molar-refractivity contribution in [1.82, 2.24) is 0 Å². The molecule has 20 heavy (non-hydrogen) atoms. The van der Waals surface area contributed by atoms with Crippen molar-refractivity contribution in [3.63, 3.8) is 0 Å². The van der Waals surface area contributed by atoms with E-state index in [0.29, 0.717) is 17.0 Å². The Balaban J connectivity index is 2.64. The molecule has 1 aromatic heterocycles. The summed E-state index contributed by atoms with van der Waals surface area (Å²) in [6.07, 6.45) is 0.671. The number of carbonyl (C=O) groups excluding carboxylic acids is 1. The molecule has 0 bridgehead atoms. The van der Waals surface area contributed by atoms with E-state index < -0.39 is 5.97 Å². The van der Waals surface area contributed by atoms with E-state index in [9.17, 15) is 9.18 Å². The van der Waals surface area contributed by atoms with Gasteiger partial charge in [0.2, 0.25) is 0 Å². The Morgan fingerprint density at radius 1 is 1.40 bits per heavy atom. The van der Waals surface area contributed by atoms with Crippen LogP contribution in [0.15, 0.2) is 18.2 Å². The molecule has 0 aliphatic carbocycles. The highest BCUT2D eigenvalue weighted by Crippen LogP contribution is 2.39. The van der Waals surface area contributed by atoms with Crippen LogP contribution >= 0.6 is 11.3 Å². The average molecular weight is 293 g/mol. The SMILES string of the molecule is CCc1c(-c2cc(C)cc(F)c2)sc(C(=O)OC)c1N. The fourth-order valence-corrected chi connectivity index (χ4v) is 3.39. The number of carbonyl (C=O) groups is 1. The summed E-state index contributed by atoms with van der Waals surface area (Å²) in [5, 5.41) is 0. The fourth-order valence-electron chi connectivity index (χ4n) is 2.17. The highest BCUT2D eigenvalue weighted by Gasteiger charge is 2.21. The summed E-state index contributed by atoms with van der Waals surface area (Å²) >= 11 is 1.25. The number of hydrogen-bond acceptors (Lipinski definition) is 4. The monoisotopic (exact) mass is 293 g/mol. The Bertz CT molecular complexity index is 644. The second kappa shape index (κ2) is 5.63. The molecule has 1 aromatic carbocycles. The van der Waals surface area contributed by atoms with Crippen molar-refractivity contribution < 1.29 is 13.9 Å². The zero-order chi connectivity index (χ0) is 14.9. The second-order valence-electron chi connectivity index (χ2n) is 4.51. The van der Waals surface area contributed by atoms with Gasteiger partial charge in [-0.3, -0.25) is 0 Å². The lowest BCUT2D eigenvalue weighted by atomic mass is 10.0. The lowest BCUT2D eigenvalue weighted by Crippen LogP contribution is -2.02. The van der Waals surface area contributed by atoms with Gasteiger partial charge in [-0.05, 0) is 42.2 Å². The van der Waals surface area contributed by atoms with Gasteiger partial charge in [-0.2, -0.15) is 0 Å². The molecule has 0 atom stereocenters. The molecule has 0 unspecified atom stereocenters. The van der Waals surface area contributed by atoms with Crippen LogP contribution in [0.2, 0.25) is 0 Å². The summed E-state index contributed by atoms with van der Waals surface area (Å²) in [5.41, 5.74) is 8.88. The number of hydrogen-bond donors (Lipinski definition) is 1. The molecule has 2 rings (SSSR count). The lowest BCUT2D eigenvalue weighted by Gasteiger charge is -2.04. The summed E-state index contributed by atoms with van der Waals surface area (Å²) in [6.45, 7) is 3.78. The smallest absolute Gasteiger partial charge is 0.350 e. The van der Waals surface area contributed by atoms with Crippen molar-refractivity contribution in [3.8, 4) is 10.4 Å². The molecule has 106 valence electrons. The molecule has 2 aromatic rings. The quantitative estimate of drug-likeness (QED) is 0.876. The highest BCUT2D eigenvalue weighted by atomic mass is 32.1. The number of rotatable bonds is 3. The van der Waals surface area contributed by atoms with E-state index in [4.69, 9.17) is 10.5 Å². The first kappa shape index (κ1) is 14.5. The molecule has 0 saturated heterocycles. The number of thiophene rings is 1. The van der Waals surface area contributed by atoms with Gasteiger partial charge in [0, 0.05) is 4.88 Å². The van der Waals surface area contributed by atoms with Crippen LogP contribution in [0.4, 0.5) is 10.1 Å². The number of nitrogen functional groups attached to an aromatic ring is 1. The molecular weight excluding hydrogens is 277 g/mol. The van der Waals surface area contributed by atoms with Gasteiger partial charge in [-0.1, -0.05) is 13.0 Å². The zero-order valence-corrected chi connectivity index (χ0v) is 12.4. The molecule has 3 nitrogen and oxygen atoms in total. The topological polar surface area (TPSA) is 52.3 Å². The van der Waals surface area contributed by atoms with E-state index in [0.717, 1.165) is 21.6 Å². The number of aryl methyl sites for hydroxylation is 1. The van der Waals surface area contributed by atoms with E-state index in [1.807, 2.05) is 19.9 Å². The van der Waals surface area contributed by atoms with Gasteiger partial charge in [0.15, 0.2) is 0 Å². The Labute approximate surface area is 121 Å². The van der Waals surface area contributed by atoms with Crippen molar-refractivity contribution in [3.05, 3.63) is 40.0 Å². The molecule has 5 heteroatoms. The van der Waals surface area contributed by atoms with Crippen molar-refractivity contribution >= 4 is 23.0 Å². The number of benzene rings is 1. The molecule has 0 aliphatic rings. The average Bonchev–Trinajstić information content (AvgIpc) is 2.73. The first-order valence-electron chi connectivity index (χ1n) is 6.25. The minimum atomic E-state index is -0.457. The van der Waals surface area contributed by atoms with Gasteiger partial charge in [-0.25, -0.2) is 9.18 Å². The minimum absolute atomic E-state index is 0.298. The van der Waals surface area contributed by atoms with Crippen molar-refractivity contribution in [1.29, 1.82) is 0 Å². The Morgan fingerprint density at radius 2 is 2.10 bits per heavy atom. The molecule has 2 N–H and O–H groups in total. The number of methoxy groups -OCH3 is 1. The summed E-state index contributed by atoms with van der Waals surface area (Å²) in [4.78, 5) is 12.9. The van der Waals surface area contributed by atoms with E-state index >= 15 is 0 Å². The van der Waals surface area contributed by atoms with Crippen LogP contribution in [0.5, 0.6) is 0 Å². The maximum absolute atomic E-state index is 13.6. The predicted molar refractivity (Wildman–Crippen MR) is 79.6 cm³/mol. The van der Waals surface area contributed by atoms with E-state index in [2.05, 4.69) is 0 Å². The summed E-state index contributed by atoms with van der Waals surface area (Å²) in [7, 11) is 1.32. The Kier molecular flexibility index (Phi) is 4.09. The van der Waals surface area contributed by atoms with Crippen LogP contribution in [0.1, 0.15) is 27.7 Å². The van der Waals surface area contributed by atoms with Gasteiger partial charge < -0.3 is 10.5 Å². The van der Waals surface area contributed by atoms with Crippen LogP contribution in [0.3, 0.4) is 0 Å². The predicted octanol–water partition coefficient (Wildman–Crippen LogP) is 3.79. The van der Waals surface area contributed by atoms with E-state index in [-0.39, 0.29) is 5.82 Å². The second-order valence-corrected chi connectivity index (χ2v) is 5.54. The molecular formula is C15H16FNO2S. The number of ether oxygens (including phenoxy) is 1. The van der Waals surface area contributed by atoms with Crippen LogP contribution in [0.25, 0.3) is 10.4 Å². The lowest BCUT2D eigenvalue weighted by molar-refractivity contribution is 0.0607. The van der Waals surface area contributed by atoms with Crippen molar-refractivity contribution in [2.24, 2.45) is 0 Å². The largest absolute Gasteiger partial charge is 0.465 e. The highest BCUT2D eigenvalue weighted by molar-refractivity contribution is 7.18. The molecule has 0 radical (unpaired) electrons. The van der Waals surface area contributed by atoms with Crippen LogP contribution in [0, 0.1) is 12.7 Å². The number of halogens is 1. The third-order valence-electron chi connectivity index (χ3n) is 3.08. The maximum atomic E-state index is 13.6. The fraction of sp³-hybridized carbons (Fsp3) is 0.267. The molecule has 0 amide bonds. The van der Waals surface area contributed by atoms with Crippen molar-refractivity contribution in [2.45, 2.75) is 20.3 Å². The number of anilines is 1. The minimum Gasteiger partial charge on any atom is -0.465 e. The van der Waals surface area contributed by atoms with Gasteiger partial charge in [0.1, 0.15) is 10.7 Å². The molecule has 0 spiro atoms. The number of nitrogens with two attached hydrogens (primary N) is 1. The normalized spacial score (nSPS) is 10.6. The van der Waals surface area contributed by atoms with E-state index in [1.54, 1.807) is 0 Å². The Morgan fingerprint density at radius 3 is 2.65 bits per heavy atom. The first-order chi connectivity index (χ1) is 9.47. The van der Waals surface area contributed by atoms with Crippen LogP contribution in [-0.4, -0.2) is 13.1 Å².